The number of rotatable bonds is 4. The Bertz CT molecular complexity index is 726. The first-order chi connectivity index (χ1) is 10.1. The van der Waals surface area contributed by atoms with Gasteiger partial charge in [-0.15, -0.1) is 0 Å². The highest BCUT2D eigenvalue weighted by atomic mass is 16.6. The molecule has 0 atom stereocenters. The lowest BCUT2D eigenvalue weighted by Gasteiger charge is -2.07. The van der Waals surface area contributed by atoms with Crippen LogP contribution in [-0.2, 0) is 0 Å². The molecule has 0 heterocycles. The summed E-state index contributed by atoms with van der Waals surface area (Å²) in [6, 6.07) is 9.89. The van der Waals surface area contributed by atoms with Crippen molar-refractivity contribution in [3.8, 4) is 11.5 Å². The second kappa shape index (κ2) is 6.29. The lowest BCUT2D eigenvalue weighted by atomic mass is 10.2. The molecule has 2 aromatic carbocycles. The van der Waals surface area contributed by atoms with Gasteiger partial charge in [0.05, 0.1) is 17.4 Å². The Morgan fingerprint density at radius 3 is 2.38 bits per heavy atom. The number of non-ortho nitro benzene ring substituents is 1. The van der Waals surface area contributed by atoms with Crippen molar-refractivity contribution in [1.29, 1.82) is 0 Å². The molecule has 0 spiro atoms. The third kappa shape index (κ3) is 3.63. The van der Waals surface area contributed by atoms with E-state index in [4.69, 9.17) is 0 Å². The molecular formula is C14H10N3O4-. The quantitative estimate of drug-likeness (QED) is 0.524. The molecule has 2 rings (SSSR count). The van der Waals surface area contributed by atoms with Crippen LogP contribution in [0.3, 0.4) is 0 Å². The number of para-hydroxylation sites is 1. The zero-order valence-electron chi connectivity index (χ0n) is 10.7. The molecule has 21 heavy (non-hydrogen) atoms. The lowest BCUT2D eigenvalue weighted by molar-refractivity contribution is -0.385. The maximum Gasteiger partial charge on any atom is 0.270 e. The van der Waals surface area contributed by atoms with Gasteiger partial charge in [0.25, 0.3) is 5.69 Å². The number of benzene rings is 2. The summed E-state index contributed by atoms with van der Waals surface area (Å²) in [5.41, 5.74) is 0.343. The van der Waals surface area contributed by atoms with Crippen LogP contribution in [0.25, 0.3) is 0 Å². The number of aromatic hydroxyl groups is 1. The van der Waals surface area contributed by atoms with Gasteiger partial charge < -0.3 is 10.2 Å². The molecule has 0 fully saturated rings. The van der Waals surface area contributed by atoms with Gasteiger partial charge in [-0.1, -0.05) is 23.9 Å². The van der Waals surface area contributed by atoms with Gasteiger partial charge in [0.1, 0.15) is 5.75 Å². The van der Waals surface area contributed by atoms with E-state index in [1.54, 1.807) is 18.2 Å². The van der Waals surface area contributed by atoms with Crippen molar-refractivity contribution >= 4 is 18.1 Å². The van der Waals surface area contributed by atoms with Crippen molar-refractivity contribution in [2.24, 2.45) is 10.2 Å². The van der Waals surface area contributed by atoms with Crippen molar-refractivity contribution in [2.45, 2.75) is 0 Å². The third-order valence-electron chi connectivity index (χ3n) is 2.60. The van der Waals surface area contributed by atoms with Crippen LogP contribution in [0, 0.1) is 10.1 Å². The van der Waals surface area contributed by atoms with Gasteiger partial charge in [-0.2, -0.15) is 10.2 Å². The zero-order chi connectivity index (χ0) is 15.2. The molecular weight excluding hydrogens is 274 g/mol. The predicted octanol–water partition coefficient (Wildman–Crippen LogP) is 1.83. The summed E-state index contributed by atoms with van der Waals surface area (Å²) in [5.74, 6) is -0.335. The van der Waals surface area contributed by atoms with E-state index in [1.165, 1.54) is 12.3 Å². The Balaban J connectivity index is 2.16. The van der Waals surface area contributed by atoms with Gasteiger partial charge in [-0.25, -0.2) is 0 Å². The molecule has 106 valence electrons. The van der Waals surface area contributed by atoms with Crippen LogP contribution in [0.15, 0.2) is 52.7 Å². The van der Waals surface area contributed by atoms with E-state index in [2.05, 4.69) is 10.2 Å². The average Bonchev–Trinajstić information content (AvgIpc) is 2.46. The van der Waals surface area contributed by atoms with Crippen LogP contribution >= 0.6 is 0 Å². The number of nitrogens with zero attached hydrogens (tertiary/aromatic N) is 3. The molecule has 0 unspecified atom stereocenters. The Morgan fingerprint density at radius 2 is 1.71 bits per heavy atom. The van der Waals surface area contributed by atoms with E-state index in [0.717, 1.165) is 24.4 Å². The summed E-state index contributed by atoms with van der Waals surface area (Å²) < 4.78 is 0. The SMILES string of the molecule is O=[N+]([O-])c1ccc([O-])c(/C=N\N=C/c2ccccc2O)c1. The molecule has 1 N–H and O–H groups in total. The van der Waals surface area contributed by atoms with Crippen LogP contribution in [0.1, 0.15) is 11.1 Å². The van der Waals surface area contributed by atoms with Crippen molar-refractivity contribution in [3.63, 3.8) is 0 Å². The van der Waals surface area contributed by atoms with E-state index in [0.29, 0.717) is 5.56 Å². The minimum Gasteiger partial charge on any atom is -0.872 e. The van der Waals surface area contributed by atoms with Crippen molar-refractivity contribution in [3.05, 3.63) is 63.7 Å². The summed E-state index contributed by atoms with van der Waals surface area (Å²) in [6.07, 6.45) is 2.44. The van der Waals surface area contributed by atoms with Crippen LogP contribution in [0.5, 0.6) is 11.5 Å². The lowest BCUT2D eigenvalue weighted by Crippen LogP contribution is -1.98. The van der Waals surface area contributed by atoms with Gasteiger partial charge >= 0.3 is 0 Å². The zero-order valence-corrected chi connectivity index (χ0v) is 10.7. The second-order valence-corrected chi connectivity index (χ2v) is 4.03. The summed E-state index contributed by atoms with van der Waals surface area (Å²) >= 11 is 0. The van der Waals surface area contributed by atoms with E-state index < -0.39 is 4.92 Å². The number of nitro benzene ring substituents is 1. The van der Waals surface area contributed by atoms with Gasteiger partial charge in [0.15, 0.2) is 0 Å². The maximum atomic E-state index is 11.5. The van der Waals surface area contributed by atoms with Gasteiger partial charge in [0, 0.05) is 17.7 Å². The summed E-state index contributed by atoms with van der Waals surface area (Å²) in [5, 5.41) is 39.0. The minimum atomic E-state index is -0.595. The molecule has 2 aromatic rings. The molecule has 0 aliphatic heterocycles. The fourth-order valence-electron chi connectivity index (χ4n) is 1.54. The fourth-order valence-corrected chi connectivity index (χ4v) is 1.54. The molecule has 0 aliphatic carbocycles. The smallest absolute Gasteiger partial charge is 0.270 e. The van der Waals surface area contributed by atoms with E-state index in [-0.39, 0.29) is 22.7 Å². The predicted molar refractivity (Wildman–Crippen MR) is 75.8 cm³/mol. The molecule has 0 saturated carbocycles. The molecule has 0 aliphatic rings. The highest BCUT2D eigenvalue weighted by Gasteiger charge is 2.05. The van der Waals surface area contributed by atoms with Crippen molar-refractivity contribution in [2.75, 3.05) is 0 Å². The molecule has 0 amide bonds. The van der Waals surface area contributed by atoms with Crippen LogP contribution in [0.2, 0.25) is 0 Å². The van der Waals surface area contributed by atoms with Gasteiger partial charge in [-0.05, 0) is 17.7 Å². The topological polar surface area (TPSA) is 111 Å². The first kappa shape index (κ1) is 14.2. The highest BCUT2D eigenvalue weighted by molar-refractivity contribution is 5.86. The number of phenolic OH excluding ortho intramolecular Hbond substituents is 1. The van der Waals surface area contributed by atoms with Crippen molar-refractivity contribution in [1.82, 2.24) is 0 Å². The van der Waals surface area contributed by atoms with Gasteiger partial charge in [0.2, 0.25) is 0 Å². The van der Waals surface area contributed by atoms with Crippen LogP contribution in [0.4, 0.5) is 5.69 Å². The van der Waals surface area contributed by atoms with E-state index in [9.17, 15) is 20.3 Å². The first-order valence-electron chi connectivity index (χ1n) is 5.88. The largest absolute Gasteiger partial charge is 0.872 e. The Morgan fingerprint density at radius 1 is 1.05 bits per heavy atom. The normalized spacial score (nSPS) is 11.2. The highest BCUT2D eigenvalue weighted by Crippen LogP contribution is 2.19. The second-order valence-electron chi connectivity index (χ2n) is 4.03. The summed E-state index contributed by atoms with van der Waals surface area (Å²) in [6.45, 7) is 0. The molecule has 0 bridgehead atoms. The summed E-state index contributed by atoms with van der Waals surface area (Å²) in [7, 11) is 0. The van der Waals surface area contributed by atoms with Crippen LogP contribution in [-0.4, -0.2) is 22.5 Å². The van der Waals surface area contributed by atoms with E-state index >= 15 is 0 Å². The molecule has 0 saturated heterocycles. The molecule has 7 nitrogen and oxygen atoms in total. The number of hydrogen-bond donors (Lipinski definition) is 1. The average molecular weight is 284 g/mol. The van der Waals surface area contributed by atoms with Crippen LogP contribution < -0.4 is 5.11 Å². The number of hydrogen-bond acceptors (Lipinski definition) is 6. The molecule has 0 aromatic heterocycles. The minimum absolute atomic E-state index is 0.0521. The number of nitro groups is 1. The third-order valence-corrected chi connectivity index (χ3v) is 2.60. The Kier molecular flexibility index (Phi) is 4.25. The maximum absolute atomic E-state index is 11.5. The first-order valence-corrected chi connectivity index (χ1v) is 5.88. The number of phenols is 1. The fraction of sp³-hybridized carbons (Fsp3) is 0. The van der Waals surface area contributed by atoms with E-state index in [1.807, 2.05) is 0 Å². The Hall–Kier alpha value is -3.22. The monoisotopic (exact) mass is 284 g/mol. The molecule has 7 heteroatoms. The molecule has 0 radical (unpaired) electrons. The Labute approximate surface area is 119 Å². The standard InChI is InChI=1S/C14H11N3O4/c18-13-4-2-1-3-10(13)8-15-16-9-11-7-12(17(20)21)5-6-14(11)19/h1-9,18-19H/p-1/b15-8-,16-9-. The van der Waals surface area contributed by atoms with Crippen molar-refractivity contribution < 1.29 is 15.1 Å². The van der Waals surface area contributed by atoms with Gasteiger partial charge in [-0.3, -0.25) is 10.1 Å². The summed E-state index contributed by atoms with van der Waals surface area (Å²) in [4.78, 5) is 10.0.